The molecule has 1 aromatic carbocycles. The van der Waals surface area contributed by atoms with Crippen LogP contribution in [-0.4, -0.2) is 49.4 Å². The molecule has 3 aliphatic rings. The van der Waals surface area contributed by atoms with Gasteiger partial charge in [-0.05, 0) is 48.2 Å². The Morgan fingerprint density at radius 2 is 1.80 bits per heavy atom. The van der Waals surface area contributed by atoms with Crippen LogP contribution < -0.4 is 5.32 Å². The van der Waals surface area contributed by atoms with Gasteiger partial charge in [0, 0.05) is 24.2 Å². The minimum Gasteiger partial charge on any atom is -0.326 e. The maximum absolute atomic E-state index is 12.5. The fourth-order valence-electron chi connectivity index (χ4n) is 4.57. The van der Waals surface area contributed by atoms with Crippen molar-refractivity contribution < 1.29 is 14.4 Å². The van der Waals surface area contributed by atoms with E-state index in [1.54, 1.807) is 6.07 Å². The van der Waals surface area contributed by atoms with Crippen LogP contribution in [0.5, 0.6) is 0 Å². The van der Waals surface area contributed by atoms with Gasteiger partial charge in [0.05, 0.1) is 17.9 Å². The van der Waals surface area contributed by atoms with E-state index in [2.05, 4.69) is 20.8 Å². The largest absolute Gasteiger partial charge is 0.326 e. The van der Waals surface area contributed by atoms with Crippen LogP contribution in [-0.2, 0) is 14.4 Å². The summed E-state index contributed by atoms with van der Waals surface area (Å²) >= 11 is 0. The van der Waals surface area contributed by atoms with Crippen LogP contribution in [0.25, 0.3) is 11.4 Å². The topological polar surface area (TPSA) is 110 Å². The third-order valence-corrected chi connectivity index (χ3v) is 6.28. The molecule has 9 nitrogen and oxygen atoms in total. The van der Waals surface area contributed by atoms with Gasteiger partial charge in [-0.1, -0.05) is 25.0 Å². The molecule has 3 fully saturated rings. The number of nitrogens with zero attached hydrogens (tertiary/aromatic N) is 5. The van der Waals surface area contributed by atoms with Crippen molar-refractivity contribution in [3.63, 3.8) is 0 Å². The summed E-state index contributed by atoms with van der Waals surface area (Å²) in [6.45, 7) is 0.135. The molecule has 2 aliphatic carbocycles. The highest BCUT2D eigenvalue weighted by atomic mass is 16.2. The fourth-order valence-corrected chi connectivity index (χ4v) is 4.57. The number of tetrazole rings is 1. The van der Waals surface area contributed by atoms with Gasteiger partial charge in [-0.15, -0.1) is 5.10 Å². The summed E-state index contributed by atoms with van der Waals surface area (Å²) in [7, 11) is 0. The number of imide groups is 1. The van der Waals surface area contributed by atoms with Gasteiger partial charge in [-0.25, -0.2) is 4.68 Å². The molecule has 30 heavy (non-hydrogen) atoms. The van der Waals surface area contributed by atoms with Crippen LogP contribution in [0.15, 0.2) is 24.3 Å². The lowest BCUT2D eigenvalue weighted by Gasteiger charge is -2.19. The molecule has 2 heterocycles. The van der Waals surface area contributed by atoms with Crippen molar-refractivity contribution in [3.8, 4) is 11.4 Å². The molecule has 3 amide bonds. The van der Waals surface area contributed by atoms with Crippen LogP contribution in [0.1, 0.15) is 51.0 Å². The van der Waals surface area contributed by atoms with Gasteiger partial charge < -0.3 is 5.32 Å². The number of hydrogen-bond donors (Lipinski definition) is 1. The molecule has 2 aromatic rings. The van der Waals surface area contributed by atoms with Gasteiger partial charge in [0.2, 0.25) is 17.7 Å². The fraction of sp³-hybridized carbons (Fsp3) is 0.524. The highest BCUT2D eigenvalue weighted by molar-refractivity contribution is 6.05. The van der Waals surface area contributed by atoms with E-state index in [4.69, 9.17) is 0 Å². The number of rotatable bonds is 6. The van der Waals surface area contributed by atoms with Crippen molar-refractivity contribution in [2.45, 2.75) is 51.0 Å². The molecule has 1 aromatic heterocycles. The molecule has 1 saturated heterocycles. The van der Waals surface area contributed by atoms with Gasteiger partial charge in [0.25, 0.3) is 0 Å². The molecular formula is C21H24N6O3. The lowest BCUT2D eigenvalue weighted by molar-refractivity contribution is -0.140. The number of fused-ring (bicyclic) bond motifs is 1. The van der Waals surface area contributed by atoms with Crippen molar-refractivity contribution in [2.75, 3.05) is 11.9 Å². The van der Waals surface area contributed by atoms with Crippen LogP contribution >= 0.6 is 0 Å². The highest BCUT2D eigenvalue weighted by Gasteiger charge is 2.47. The molecule has 2 unspecified atom stereocenters. The zero-order valence-electron chi connectivity index (χ0n) is 16.7. The molecule has 1 N–H and O–H groups in total. The van der Waals surface area contributed by atoms with Crippen molar-refractivity contribution in [1.29, 1.82) is 0 Å². The third-order valence-electron chi connectivity index (χ3n) is 6.28. The predicted octanol–water partition coefficient (Wildman–Crippen LogP) is 2.18. The van der Waals surface area contributed by atoms with Crippen molar-refractivity contribution in [2.24, 2.45) is 11.8 Å². The summed E-state index contributed by atoms with van der Waals surface area (Å²) in [6, 6.07) is 7.74. The van der Waals surface area contributed by atoms with Crippen LogP contribution in [0.2, 0.25) is 0 Å². The summed E-state index contributed by atoms with van der Waals surface area (Å²) in [5.74, 6) is -0.112. The Hall–Kier alpha value is -3.10. The van der Waals surface area contributed by atoms with Gasteiger partial charge in [-0.2, -0.15) is 0 Å². The Morgan fingerprint density at radius 1 is 1.07 bits per heavy atom. The number of amides is 3. The Kier molecular flexibility index (Phi) is 4.80. The van der Waals surface area contributed by atoms with Gasteiger partial charge in [-0.3, -0.25) is 19.3 Å². The molecule has 9 heteroatoms. The average molecular weight is 408 g/mol. The Labute approximate surface area is 173 Å². The second-order valence-electron chi connectivity index (χ2n) is 8.38. The number of hydrogen-bond acceptors (Lipinski definition) is 6. The molecule has 1 aliphatic heterocycles. The summed E-state index contributed by atoms with van der Waals surface area (Å²) in [4.78, 5) is 38.8. The minimum absolute atomic E-state index is 0.0843. The maximum Gasteiger partial charge on any atom is 0.233 e. The van der Waals surface area contributed by atoms with Crippen molar-refractivity contribution in [1.82, 2.24) is 25.1 Å². The van der Waals surface area contributed by atoms with E-state index in [-0.39, 0.29) is 42.5 Å². The lowest BCUT2D eigenvalue weighted by Crippen LogP contribution is -2.34. The highest BCUT2D eigenvalue weighted by Crippen LogP contribution is 2.38. The SMILES string of the molecule is O=C(CCN1C(=O)C2CCCCC2C1=O)Nc1cccc(-c2nnnn2C2CC2)c1. The standard InChI is InChI=1S/C21H24N6O3/c28-18(10-11-26-20(29)16-6-1-2-7-17(16)21(26)30)22-14-5-3-4-13(12-14)19-23-24-25-27(19)15-8-9-15/h3-5,12,15-17H,1-2,6-11H2,(H,22,28). The van der Waals surface area contributed by atoms with Crippen LogP contribution in [0.4, 0.5) is 5.69 Å². The zero-order valence-corrected chi connectivity index (χ0v) is 16.7. The van der Waals surface area contributed by atoms with E-state index in [0.717, 1.165) is 44.1 Å². The first kappa shape index (κ1) is 18.9. The second kappa shape index (κ2) is 7.62. The summed E-state index contributed by atoms with van der Waals surface area (Å²) in [5.41, 5.74) is 1.47. The van der Waals surface area contributed by atoms with E-state index in [1.807, 2.05) is 22.9 Å². The first-order valence-electron chi connectivity index (χ1n) is 10.6. The Bertz CT molecular complexity index is 974. The minimum atomic E-state index is -0.232. The summed E-state index contributed by atoms with van der Waals surface area (Å²) < 4.78 is 1.82. The first-order chi connectivity index (χ1) is 14.6. The number of anilines is 1. The summed E-state index contributed by atoms with van der Waals surface area (Å²) in [6.07, 6.45) is 5.79. The number of carbonyl (C=O) groups excluding carboxylic acids is 3. The Balaban J connectivity index is 1.21. The van der Waals surface area contributed by atoms with Gasteiger partial charge >= 0.3 is 0 Å². The predicted molar refractivity (Wildman–Crippen MR) is 107 cm³/mol. The van der Waals surface area contributed by atoms with E-state index in [0.29, 0.717) is 17.6 Å². The maximum atomic E-state index is 12.5. The van der Waals surface area contributed by atoms with Gasteiger partial charge in [0.15, 0.2) is 5.82 Å². The average Bonchev–Trinajstić information content (AvgIpc) is 3.43. The van der Waals surface area contributed by atoms with Crippen molar-refractivity contribution in [3.05, 3.63) is 24.3 Å². The van der Waals surface area contributed by atoms with Crippen LogP contribution in [0, 0.1) is 11.8 Å². The number of likely N-dealkylation sites (tertiary alicyclic amines) is 1. The number of benzene rings is 1. The quantitative estimate of drug-likeness (QED) is 0.734. The molecular weight excluding hydrogens is 384 g/mol. The molecule has 2 saturated carbocycles. The lowest BCUT2D eigenvalue weighted by atomic mass is 9.81. The number of nitrogens with one attached hydrogen (secondary N) is 1. The molecule has 0 bridgehead atoms. The van der Waals surface area contributed by atoms with E-state index in [9.17, 15) is 14.4 Å². The molecule has 0 radical (unpaired) electrons. The zero-order chi connectivity index (χ0) is 20.7. The van der Waals surface area contributed by atoms with E-state index in [1.165, 1.54) is 4.90 Å². The van der Waals surface area contributed by atoms with E-state index >= 15 is 0 Å². The third kappa shape index (κ3) is 3.48. The molecule has 0 spiro atoms. The number of carbonyl (C=O) groups is 3. The molecule has 156 valence electrons. The molecule has 2 atom stereocenters. The van der Waals surface area contributed by atoms with E-state index < -0.39 is 0 Å². The summed E-state index contributed by atoms with van der Waals surface area (Å²) in [5, 5.41) is 14.8. The second-order valence-corrected chi connectivity index (χ2v) is 8.38. The Morgan fingerprint density at radius 3 is 2.50 bits per heavy atom. The van der Waals surface area contributed by atoms with Gasteiger partial charge in [0.1, 0.15) is 0 Å². The first-order valence-corrected chi connectivity index (χ1v) is 10.6. The molecule has 5 rings (SSSR count). The van der Waals surface area contributed by atoms with Crippen molar-refractivity contribution >= 4 is 23.4 Å². The smallest absolute Gasteiger partial charge is 0.233 e. The normalized spacial score (nSPS) is 23.5. The van der Waals surface area contributed by atoms with Crippen LogP contribution in [0.3, 0.4) is 0 Å². The monoisotopic (exact) mass is 408 g/mol. The number of aromatic nitrogens is 4.